The van der Waals surface area contributed by atoms with Gasteiger partial charge in [-0.1, -0.05) is 50.2 Å². The van der Waals surface area contributed by atoms with Gasteiger partial charge in [-0.05, 0) is 23.3 Å². The average molecular weight is 254 g/mol. The third kappa shape index (κ3) is 2.24. The smallest absolute Gasteiger partial charge is 0.121 e. The van der Waals surface area contributed by atoms with Crippen molar-refractivity contribution in [3.05, 3.63) is 65.2 Å². The second-order valence-corrected chi connectivity index (χ2v) is 5.59. The number of benzene rings is 2. The fraction of sp³-hybridized carbons (Fsp3) is 0.294. The standard InChI is InChI=1S/C17H18O2/c1-17(2,12-6-4-3-5-7-12)13-8-9-15(18)14(10-13)16-11-19-16/h3-10,16,18H,11H2,1-2H3. The van der Waals surface area contributed by atoms with Crippen molar-refractivity contribution in [2.45, 2.75) is 25.4 Å². The van der Waals surface area contributed by atoms with Crippen molar-refractivity contribution in [3.63, 3.8) is 0 Å². The van der Waals surface area contributed by atoms with Crippen molar-refractivity contribution >= 4 is 0 Å². The van der Waals surface area contributed by atoms with Crippen LogP contribution in [0.2, 0.25) is 0 Å². The maximum Gasteiger partial charge on any atom is 0.121 e. The van der Waals surface area contributed by atoms with E-state index in [1.54, 1.807) is 6.07 Å². The highest BCUT2D eigenvalue weighted by molar-refractivity contribution is 5.45. The number of hydrogen-bond acceptors (Lipinski definition) is 2. The largest absolute Gasteiger partial charge is 0.508 e. The van der Waals surface area contributed by atoms with E-state index in [0.717, 1.165) is 5.56 Å². The highest BCUT2D eigenvalue weighted by Gasteiger charge is 2.30. The molecule has 1 fully saturated rings. The molecule has 1 saturated heterocycles. The highest BCUT2D eigenvalue weighted by Crippen LogP contribution is 2.40. The van der Waals surface area contributed by atoms with Crippen molar-refractivity contribution < 1.29 is 9.84 Å². The number of epoxide rings is 1. The molecule has 2 aromatic rings. The number of hydrogen-bond donors (Lipinski definition) is 1. The lowest BCUT2D eigenvalue weighted by Gasteiger charge is -2.26. The van der Waals surface area contributed by atoms with Gasteiger partial charge in [-0.3, -0.25) is 0 Å². The third-order valence-corrected chi connectivity index (χ3v) is 3.92. The second-order valence-electron chi connectivity index (χ2n) is 5.59. The predicted octanol–water partition coefficient (Wildman–Crippen LogP) is 3.79. The third-order valence-electron chi connectivity index (χ3n) is 3.92. The summed E-state index contributed by atoms with van der Waals surface area (Å²) in [4.78, 5) is 0. The lowest BCUT2D eigenvalue weighted by atomic mass is 9.77. The van der Waals surface area contributed by atoms with Crippen molar-refractivity contribution in [2.24, 2.45) is 0 Å². The van der Waals surface area contributed by atoms with Gasteiger partial charge in [-0.2, -0.15) is 0 Å². The Labute approximate surface area is 113 Å². The maximum atomic E-state index is 9.90. The Kier molecular flexibility index (Phi) is 2.83. The molecule has 1 aliphatic rings. The lowest BCUT2D eigenvalue weighted by Crippen LogP contribution is -2.18. The zero-order valence-corrected chi connectivity index (χ0v) is 11.3. The van der Waals surface area contributed by atoms with Gasteiger partial charge in [0.1, 0.15) is 11.9 Å². The molecular formula is C17H18O2. The molecule has 0 spiro atoms. The van der Waals surface area contributed by atoms with E-state index in [1.165, 1.54) is 11.1 Å². The summed E-state index contributed by atoms with van der Waals surface area (Å²) in [6, 6.07) is 16.3. The molecule has 2 heteroatoms. The molecule has 1 heterocycles. The minimum atomic E-state index is -0.0847. The Morgan fingerprint density at radius 2 is 1.74 bits per heavy atom. The number of phenolic OH excluding ortho intramolecular Hbond substituents is 1. The monoisotopic (exact) mass is 254 g/mol. The normalized spacial score (nSPS) is 18.3. The van der Waals surface area contributed by atoms with Crippen LogP contribution in [-0.2, 0) is 10.2 Å². The first kappa shape index (κ1) is 12.2. The van der Waals surface area contributed by atoms with Crippen LogP contribution in [0, 0.1) is 0 Å². The van der Waals surface area contributed by atoms with Gasteiger partial charge in [0.15, 0.2) is 0 Å². The number of aromatic hydroxyl groups is 1. The van der Waals surface area contributed by atoms with Crippen molar-refractivity contribution in [1.82, 2.24) is 0 Å². The lowest BCUT2D eigenvalue weighted by molar-refractivity contribution is 0.400. The molecule has 2 aromatic carbocycles. The second kappa shape index (κ2) is 4.39. The van der Waals surface area contributed by atoms with E-state index in [-0.39, 0.29) is 11.5 Å². The average Bonchev–Trinajstić information content (AvgIpc) is 3.24. The van der Waals surface area contributed by atoms with Gasteiger partial charge >= 0.3 is 0 Å². The topological polar surface area (TPSA) is 32.8 Å². The van der Waals surface area contributed by atoms with Crippen LogP contribution in [0.4, 0.5) is 0 Å². The van der Waals surface area contributed by atoms with Crippen LogP contribution in [0.15, 0.2) is 48.5 Å². The van der Waals surface area contributed by atoms with Gasteiger partial charge in [0, 0.05) is 11.0 Å². The Hall–Kier alpha value is -1.80. The molecule has 3 rings (SSSR count). The summed E-state index contributed by atoms with van der Waals surface area (Å²) in [6.07, 6.45) is 0.0755. The molecule has 19 heavy (non-hydrogen) atoms. The van der Waals surface area contributed by atoms with Crippen molar-refractivity contribution in [1.29, 1.82) is 0 Å². The molecule has 98 valence electrons. The maximum absolute atomic E-state index is 9.90. The molecule has 0 aromatic heterocycles. The van der Waals surface area contributed by atoms with E-state index in [9.17, 15) is 5.11 Å². The molecule has 1 aliphatic heterocycles. The SMILES string of the molecule is CC(C)(c1ccccc1)c1ccc(O)c(C2CO2)c1. The van der Waals surface area contributed by atoms with E-state index < -0.39 is 0 Å². The molecule has 0 aliphatic carbocycles. The summed E-state index contributed by atoms with van der Waals surface area (Å²) in [5.74, 6) is 0.329. The first-order valence-corrected chi connectivity index (χ1v) is 6.59. The van der Waals surface area contributed by atoms with Crippen LogP contribution in [0.1, 0.15) is 36.6 Å². The van der Waals surface area contributed by atoms with Gasteiger partial charge in [0.2, 0.25) is 0 Å². The summed E-state index contributed by atoms with van der Waals surface area (Å²) >= 11 is 0. The molecule has 0 radical (unpaired) electrons. The quantitative estimate of drug-likeness (QED) is 0.845. The highest BCUT2D eigenvalue weighted by atomic mass is 16.6. The van der Waals surface area contributed by atoms with E-state index in [4.69, 9.17) is 4.74 Å². The minimum absolute atomic E-state index is 0.0755. The molecule has 0 amide bonds. The molecule has 1 unspecified atom stereocenters. The molecule has 0 bridgehead atoms. The predicted molar refractivity (Wildman–Crippen MR) is 75.4 cm³/mol. The van der Waals surface area contributed by atoms with Gasteiger partial charge in [0.25, 0.3) is 0 Å². The molecule has 1 atom stereocenters. The van der Waals surface area contributed by atoms with Crippen LogP contribution in [0.5, 0.6) is 5.75 Å². The molecule has 0 saturated carbocycles. The fourth-order valence-electron chi connectivity index (χ4n) is 2.45. The van der Waals surface area contributed by atoms with Gasteiger partial charge in [-0.15, -0.1) is 0 Å². The van der Waals surface area contributed by atoms with Crippen LogP contribution in [0.3, 0.4) is 0 Å². The van der Waals surface area contributed by atoms with Gasteiger partial charge in [-0.25, -0.2) is 0 Å². The van der Waals surface area contributed by atoms with E-state index >= 15 is 0 Å². The van der Waals surface area contributed by atoms with Crippen LogP contribution in [-0.4, -0.2) is 11.7 Å². The van der Waals surface area contributed by atoms with Crippen LogP contribution >= 0.6 is 0 Å². The number of ether oxygens (including phenoxy) is 1. The van der Waals surface area contributed by atoms with Gasteiger partial charge < -0.3 is 9.84 Å². The number of rotatable bonds is 3. The number of phenols is 1. The Balaban J connectivity index is 2.03. The zero-order valence-electron chi connectivity index (χ0n) is 11.3. The van der Waals surface area contributed by atoms with E-state index in [1.807, 2.05) is 12.1 Å². The first-order valence-electron chi connectivity index (χ1n) is 6.59. The fourth-order valence-corrected chi connectivity index (χ4v) is 2.45. The van der Waals surface area contributed by atoms with Crippen LogP contribution < -0.4 is 0 Å². The zero-order chi connectivity index (χ0) is 13.5. The summed E-state index contributed by atoms with van der Waals surface area (Å²) in [7, 11) is 0. The first-order chi connectivity index (χ1) is 9.09. The van der Waals surface area contributed by atoms with Crippen molar-refractivity contribution in [2.75, 3.05) is 6.61 Å². The van der Waals surface area contributed by atoms with Crippen molar-refractivity contribution in [3.8, 4) is 5.75 Å². The van der Waals surface area contributed by atoms with Gasteiger partial charge in [0.05, 0.1) is 6.61 Å². The van der Waals surface area contributed by atoms with Crippen LogP contribution in [0.25, 0.3) is 0 Å². The Morgan fingerprint density at radius 1 is 1.05 bits per heavy atom. The minimum Gasteiger partial charge on any atom is -0.508 e. The Bertz CT molecular complexity index is 583. The Morgan fingerprint density at radius 3 is 2.37 bits per heavy atom. The molecular weight excluding hydrogens is 236 g/mol. The summed E-state index contributed by atoms with van der Waals surface area (Å²) in [5, 5.41) is 9.90. The summed E-state index contributed by atoms with van der Waals surface area (Å²) in [6.45, 7) is 5.11. The summed E-state index contributed by atoms with van der Waals surface area (Å²) < 4.78 is 5.29. The van der Waals surface area contributed by atoms with E-state index in [2.05, 4.69) is 44.2 Å². The van der Waals surface area contributed by atoms with E-state index in [0.29, 0.717) is 12.4 Å². The molecule has 1 N–H and O–H groups in total. The summed E-state index contributed by atoms with van der Waals surface area (Å²) in [5.41, 5.74) is 3.28. The molecule has 2 nitrogen and oxygen atoms in total.